The molecule has 1 aliphatic heterocycles. The Hall–Kier alpha value is -3.35. The van der Waals surface area contributed by atoms with E-state index in [-0.39, 0.29) is 49.2 Å². The highest BCUT2D eigenvalue weighted by Crippen LogP contribution is 2.44. The molecule has 2 amide bonds. The summed E-state index contributed by atoms with van der Waals surface area (Å²) in [6.45, 7) is 5.24. The van der Waals surface area contributed by atoms with Gasteiger partial charge < -0.3 is 20.1 Å². The number of nitrogens with zero attached hydrogens (tertiary/aromatic N) is 1. The van der Waals surface area contributed by atoms with Crippen LogP contribution in [0.25, 0.3) is 11.1 Å². The van der Waals surface area contributed by atoms with E-state index in [1.165, 1.54) is 11.1 Å². The lowest BCUT2D eigenvalue weighted by Gasteiger charge is -2.22. The maximum absolute atomic E-state index is 12.9. The number of carboxylic acid groups (broad SMARTS) is 1. The van der Waals surface area contributed by atoms with Gasteiger partial charge in [-0.2, -0.15) is 0 Å². The lowest BCUT2D eigenvalue weighted by atomic mass is 9.95. The molecular formula is C28H34N2O5. The Kier molecular flexibility index (Phi) is 7.73. The average Bonchev–Trinajstić information content (AvgIpc) is 3.35. The maximum atomic E-state index is 12.9. The second-order valence-electron chi connectivity index (χ2n) is 9.79. The molecule has 0 radical (unpaired) electrons. The van der Waals surface area contributed by atoms with Crippen LogP contribution in [0, 0.1) is 11.8 Å². The minimum Gasteiger partial charge on any atom is -0.481 e. The first-order valence-electron chi connectivity index (χ1n) is 12.5. The first-order chi connectivity index (χ1) is 16.9. The van der Waals surface area contributed by atoms with Crippen LogP contribution in [0.2, 0.25) is 0 Å². The highest BCUT2D eigenvalue weighted by atomic mass is 16.5. The van der Waals surface area contributed by atoms with Gasteiger partial charge in [-0.1, -0.05) is 68.8 Å². The number of aliphatic carboxylic acids is 1. The Balaban J connectivity index is 1.33. The maximum Gasteiger partial charge on any atom is 0.407 e. The Morgan fingerprint density at radius 1 is 1.06 bits per heavy atom. The van der Waals surface area contributed by atoms with Crippen molar-refractivity contribution in [1.29, 1.82) is 0 Å². The number of nitrogens with one attached hydrogen (secondary N) is 1. The molecule has 35 heavy (non-hydrogen) atoms. The van der Waals surface area contributed by atoms with Crippen molar-refractivity contribution < 1.29 is 24.2 Å². The van der Waals surface area contributed by atoms with Gasteiger partial charge in [0, 0.05) is 31.5 Å². The van der Waals surface area contributed by atoms with E-state index in [4.69, 9.17) is 9.84 Å². The predicted octanol–water partition coefficient (Wildman–Crippen LogP) is 4.65. The van der Waals surface area contributed by atoms with Crippen molar-refractivity contribution in [3.8, 4) is 11.1 Å². The third-order valence-electron chi connectivity index (χ3n) is 7.28. The number of ether oxygens (including phenoxy) is 1. The summed E-state index contributed by atoms with van der Waals surface area (Å²) < 4.78 is 5.66. The number of amides is 2. The van der Waals surface area contributed by atoms with E-state index in [2.05, 4.69) is 29.6 Å². The smallest absolute Gasteiger partial charge is 0.407 e. The number of benzene rings is 2. The summed E-state index contributed by atoms with van der Waals surface area (Å²) >= 11 is 0. The molecule has 4 rings (SSSR count). The fourth-order valence-electron chi connectivity index (χ4n) is 5.45. The van der Waals surface area contributed by atoms with Crippen LogP contribution in [-0.4, -0.2) is 53.7 Å². The van der Waals surface area contributed by atoms with E-state index in [1.54, 1.807) is 4.90 Å². The molecule has 1 saturated heterocycles. The number of alkyl carbamates (subject to hydrolysis) is 1. The molecule has 0 spiro atoms. The van der Waals surface area contributed by atoms with Gasteiger partial charge in [-0.15, -0.1) is 0 Å². The zero-order valence-corrected chi connectivity index (χ0v) is 20.4. The molecule has 1 unspecified atom stereocenters. The molecule has 2 aromatic rings. The lowest BCUT2D eigenvalue weighted by Crippen LogP contribution is -2.40. The Labute approximate surface area is 206 Å². The Morgan fingerprint density at radius 3 is 2.29 bits per heavy atom. The minimum atomic E-state index is -0.836. The molecule has 3 atom stereocenters. The van der Waals surface area contributed by atoms with E-state index in [1.807, 2.05) is 38.1 Å². The number of fused-ring (bicyclic) bond motifs is 3. The number of carbonyl (C=O) groups is 3. The molecule has 0 bridgehead atoms. The molecule has 2 aliphatic rings. The van der Waals surface area contributed by atoms with Crippen LogP contribution in [0.15, 0.2) is 48.5 Å². The van der Waals surface area contributed by atoms with Crippen molar-refractivity contribution in [3.05, 3.63) is 59.7 Å². The van der Waals surface area contributed by atoms with Crippen LogP contribution in [0.1, 0.15) is 56.6 Å². The van der Waals surface area contributed by atoms with Gasteiger partial charge in [0.25, 0.3) is 0 Å². The summed E-state index contributed by atoms with van der Waals surface area (Å²) in [6, 6.07) is 16.1. The van der Waals surface area contributed by atoms with Crippen LogP contribution in [-0.2, 0) is 14.3 Å². The fraction of sp³-hybridized carbons (Fsp3) is 0.464. The van der Waals surface area contributed by atoms with Gasteiger partial charge in [0.05, 0.1) is 6.42 Å². The average molecular weight is 479 g/mol. The van der Waals surface area contributed by atoms with E-state index >= 15 is 0 Å². The third kappa shape index (κ3) is 5.66. The normalized spacial score (nSPS) is 19.7. The highest BCUT2D eigenvalue weighted by Gasteiger charge is 2.34. The van der Waals surface area contributed by atoms with Gasteiger partial charge in [0.15, 0.2) is 0 Å². The van der Waals surface area contributed by atoms with Crippen molar-refractivity contribution in [2.45, 2.75) is 51.5 Å². The molecule has 0 aromatic heterocycles. The molecule has 7 heteroatoms. The second-order valence-corrected chi connectivity index (χ2v) is 9.79. The quantitative estimate of drug-likeness (QED) is 0.547. The Bertz CT molecular complexity index is 1040. The molecular weight excluding hydrogens is 444 g/mol. The molecule has 1 fully saturated rings. The highest BCUT2D eigenvalue weighted by molar-refractivity contribution is 5.80. The summed E-state index contributed by atoms with van der Waals surface area (Å²) in [7, 11) is 0. The number of rotatable bonds is 9. The fourth-order valence-corrected chi connectivity index (χ4v) is 5.45. The summed E-state index contributed by atoms with van der Waals surface area (Å²) in [5.74, 6) is -0.790. The monoisotopic (exact) mass is 478 g/mol. The zero-order valence-electron chi connectivity index (χ0n) is 20.4. The number of likely N-dealkylation sites (tertiary alicyclic amines) is 1. The van der Waals surface area contributed by atoms with Crippen molar-refractivity contribution in [2.24, 2.45) is 11.8 Å². The molecule has 7 nitrogen and oxygen atoms in total. The van der Waals surface area contributed by atoms with Crippen molar-refractivity contribution in [1.82, 2.24) is 10.2 Å². The Morgan fingerprint density at radius 2 is 1.69 bits per heavy atom. The zero-order chi connectivity index (χ0) is 24.9. The number of carboxylic acids is 1. The van der Waals surface area contributed by atoms with E-state index in [9.17, 15) is 14.4 Å². The minimum absolute atomic E-state index is 0.0170. The lowest BCUT2D eigenvalue weighted by molar-refractivity contribution is -0.138. The number of carbonyl (C=O) groups excluding carboxylic acids is 2. The van der Waals surface area contributed by atoms with Gasteiger partial charge in [0.2, 0.25) is 5.91 Å². The third-order valence-corrected chi connectivity index (χ3v) is 7.28. The first kappa shape index (κ1) is 24.8. The molecule has 0 saturated carbocycles. The first-order valence-corrected chi connectivity index (χ1v) is 12.5. The predicted molar refractivity (Wildman–Crippen MR) is 133 cm³/mol. The molecule has 186 valence electrons. The van der Waals surface area contributed by atoms with Crippen LogP contribution in [0.4, 0.5) is 4.79 Å². The second kappa shape index (κ2) is 10.9. The standard InChI is InChI=1S/C28H34N2O5/c1-3-8-20(14-26(31)30-15-18(2)19(16-30)13-27(32)33)29-28(34)35-17-25-23-11-6-4-9-21(23)22-10-5-7-12-24(22)25/h4-7,9-12,18-20,25H,3,8,13-17H2,1-2H3,(H,29,34)(H,32,33)/t18-,19-,20?/m1/s1. The number of hydrogen-bond acceptors (Lipinski definition) is 4. The molecule has 2 N–H and O–H groups in total. The van der Waals surface area contributed by atoms with Crippen LogP contribution in [0.3, 0.4) is 0 Å². The molecule has 1 aliphatic carbocycles. The summed E-state index contributed by atoms with van der Waals surface area (Å²) in [5, 5.41) is 12.0. The topological polar surface area (TPSA) is 95.9 Å². The van der Waals surface area contributed by atoms with Crippen LogP contribution in [0.5, 0.6) is 0 Å². The molecule has 2 aromatic carbocycles. The van der Waals surface area contributed by atoms with Crippen LogP contribution < -0.4 is 5.32 Å². The van der Waals surface area contributed by atoms with E-state index in [0.29, 0.717) is 19.5 Å². The van der Waals surface area contributed by atoms with Gasteiger partial charge in [-0.05, 0) is 40.5 Å². The number of hydrogen-bond donors (Lipinski definition) is 2. The van der Waals surface area contributed by atoms with Gasteiger partial charge in [-0.25, -0.2) is 4.79 Å². The SMILES string of the molecule is CCCC(CC(=O)N1C[C@@H](CC(=O)O)[C@H](C)C1)NC(=O)OCC1c2ccccc2-c2ccccc21. The van der Waals surface area contributed by atoms with Crippen molar-refractivity contribution in [2.75, 3.05) is 19.7 Å². The van der Waals surface area contributed by atoms with Crippen molar-refractivity contribution in [3.63, 3.8) is 0 Å². The summed E-state index contributed by atoms with van der Waals surface area (Å²) in [6.07, 6.45) is 1.22. The van der Waals surface area contributed by atoms with Gasteiger partial charge >= 0.3 is 12.1 Å². The van der Waals surface area contributed by atoms with Gasteiger partial charge in [0.1, 0.15) is 6.61 Å². The van der Waals surface area contributed by atoms with E-state index in [0.717, 1.165) is 17.5 Å². The van der Waals surface area contributed by atoms with E-state index < -0.39 is 12.1 Å². The largest absolute Gasteiger partial charge is 0.481 e. The summed E-state index contributed by atoms with van der Waals surface area (Å²) in [5.41, 5.74) is 4.65. The summed E-state index contributed by atoms with van der Waals surface area (Å²) in [4.78, 5) is 38.5. The van der Waals surface area contributed by atoms with Crippen LogP contribution >= 0.6 is 0 Å². The molecule has 1 heterocycles. The van der Waals surface area contributed by atoms with Crippen molar-refractivity contribution >= 4 is 18.0 Å². The van der Waals surface area contributed by atoms with Gasteiger partial charge in [-0.3, -0.25) is 9.59 Å².